The van der Waals surface area contributed by atoms with Gasteiger partial charge in [-0.1, -0.05) is 130 Å². The molecular formula is C41H86BN12O8PS. The number of tetrazole rings is 3. The van der Waals surface area contributed by atoms with Crippen LogP contribution in [0.3, 0.4) is 0 Å². The first-order chi connectivity index (χ1) is 28.0. The minimum absolute atomic E-state index is 0.0258. The summed E-state index contributed by atoms with van der Waals surface area (Å²) in [7, 11) is -5.69. The number of sulfone groups is 1. The van der Waals surface area contributed by atoms with Crippen LogP contribution in [0.4, 0.5) is 0 Å². The van der Waals surface area contributed by atoms with Crippen LogP contribution in [0.5, 0.6) is 0 Å². The zero-order chi connectivity index (χ0) is 52.3. The molecule has 0 amide bonds. The molecule has 0 saturated heterocycles. The van der Waals surface area contributed by atoms with Gasteiger partial charge in [0.2, 0.25) is 7.37 Å². The largest absolute Gasteiger partial charge is 0.450 e. The molecule has 23 heteroatoms. The summed E-state index contributed by atoms with van der Waals surface area (Å²) in [5.41, 5.74) is -0.381. The Bertz CT molecular complexity index is 1950. The summed E-state index contributed by atoms with van der Waals surface area (Å²) >= 11 is 0. The van der Waals surface area contributed by atoms with Crippen LogP contribution in [-0.4, -0.2) is 126 Å². The van der Waals surface area contributed by atoms with Crippen molar-refractivity contribution in [1.82, 2.24) is 61.0 Å². The number of aromatic nitrogens is 12. The molecular weight excluding hydrogens is 862 g/mol. The molecule has 0 aliphatic heterocycles. The van der Waals surface area contributed by atoms with E-state index in [-0.39, 0.29) is 58.9 Å². The lowest BCUT2D eigenvalue weighted by atomic mass is 9.50. The van der Waals surface area contributed by atoms with Gasteiger partial charge in [-0.2, -0.15) is 10.0 Å². The predicted octanol–water partition coefficient (Wildman–Crippen LogP) is 6.98. The van der Waals surface area contributed by atoms with E-state index in [1.807, 2.05) is 96.9 Å². The molecule has 0 aromatic carbocycles. The normalized spacial score (nSPS) is 12.8. The van der Waals surface area contributed by atoms with Gasteiger partial charge in [0.05, 0.1) is 4.75 Å². The van der Waals surface area contributed by atoms with Crippen LogP contribution in [0.25, 0.3) is 0 Å². The van der Waals surface area contributed by atoms with E-state index in [9.17, 15) is 27.4 Å². The van der Waals surface area contributed by atoms with Crippen LogP contribution in [0.15, 0.2) is 0 Å². The van der Waals surface area contributed by atoms with Crippen LogP contribution in [0.1, 0.15) is 183 Å². The van der Waals surface area contributed by atoms with E-state index < -0.39 is 27.1 Å². The van der Waals surface area contributed by atoms with Crippen LogP contribution in [0.2, 0.25) is 12.1 Å². The molecule has 0 fully saturated rings. The third-order valence-electron chi connectivity index (χ3n) is 8.61. The summed E-state index contributed by atoms with van der Waals surface area (Å²) in [6.45, 7) is 46.2. The highest BCUT2D eigenvalue weighted by Crippen LogP contribution is 2.49. The van der Waals surface area contributed by atoms with Crippen molar-refractivity contribution in [3.8, 4) is 0 Å². The molecule has 0 aliphatic rings. The Morgan fingerprint density at radius 3 is 1.36 bits per heavy atom. The SMILES string of the molecule is CB(O)C(C)(C)C.CC(=O)C(C)(C)C.CC(=O)Cn1nnc(C(C)(C)C)n1.CC(=O)Cn1nnnc1C(C)(C)C.CC(C)(C)P(C)(=O)O.CC(C)(C)S(C)(=O)=O.CC(C)c1nn[nH]n1. The molecule has 3 heterocycles. The number of Topliss-reactive ketones (excluding diaryl/α,β-unsaturated/α-hetero) is 3. The van der Waals surface area contributed by atoms with Crippen LogP contribution in [-0.2, 0) is 52.7 Å². The zero-order valence-electron chi connectivity index (χ0n) is 44.2. The monoisotopic (exact) mass is 949 g/mol. The van der Waals surface area contributed by atoms with Gasteiger partial charge in [-0.3, -0.25) is 18.9 Å². The molecule has 0 spiro atoms. The molecule has 1 atom stereocenters. The Hall–Kier alpha value is -3.62. The van der Waals surface area contributed by atoms with Crippen molar-refractivity contribution in [2.45, 2.75) is 211 Å². The van der Waals surface area contributed by atoms with E-state index in [2.05, 4.69) is 51.6 Å². The number of carbonyl (C=O) groups excluding carboxylic acids is 3. The first-order valence-corrected chi connectivity index (χ1v) is 25.0. The topological polar surface area (TPSA) is 285 Å². The van der Waals surface area contributed by atoms with Gasteiger partial charge in [-0.15, -0.1) is 25.5 Å². The minimum Gasteiger partial charge on any atom is -0.450 e. The maximum Gasteiger partial charge on any atom is 0.291 e. The molecule has 1 unspecified atom stereocenters. The Kier molecular flexibility index (Phi) is 28.4. The number of hydrogen-bond acceptors (Lipinski definition) is 16. The van der Waals surface area contributed by atoms with Crippen molar-refractivity contribution in [3.63, 3.8) is 0 Å². The fourth-order valence-electron chi connectivity index (χ4n) is 2.28. The Labute approximate surface area is 385 Å². The lowest BCUT2D eigenvalue weighted by molar-refractivity contribution is -0.124. The van der Waals surface area contributed by atoms with Gasteiger partial charge < -0.3 is 9.92 Å². The number of ketones is 3. The van der Waals surface area contributed by atoms with Gasteiger partial charge >= 0.3 is 0 Å². The summed E-state index contributed by atoms with van der Waals surface area (Å²) in [5, 5.41) is 44.8. The number of aromatic amines is 1. The van der Waals surface area contributed by atoms with E-state index in [0.717, 1.165) is 11.6 Å². The summed E-state index contributed by atoms with van der Waals surface area (Å²) in [6, 6.07) is 0. The predicted molar refractivity (Wildman–Crippen MR) is 256 cm³/mol. The van der Waals surface area contributed by atoms with Crippen molar-refractivity contribution in [2.75, 3.05) is 12.9 Å². The average molecular weight is 949 g/mol. The fraction of sp³-hybridized carbons (Fsp3) is 0.854. The summed E-state index contributed by atoms with van der Waals surface area (Å²) in [4.78, 5) is 42.3. The van der Waals surface area contributed by atoms with Gasteiger partial charge in [0.1, 0.15) is 18.9 Å². The molecule has 0 bridgehead atoms. The maximum absolute atomic E-state index is 10.9. The smallest absolute Gasteiger partial charge is 0.291 e. The second-order valence-corrected chi connectivity index (χ2v) is 27.8. The van der Waals surface area contributed by atoms with E-state index in [1.54, 1.807) is 60.0 Å². The fourth-order valence-corrected chi connectivity index (χ4v) is 2.28. The number of nitrogens with one attached hydrogen (secondary N) is 1. The lowest BCUT2D eigenvalue weighted by Crippen LogP contribution is -2.26. The van der Waals surface area contributed by atoms with Crippen molar-refractivity contribution in [3.05, 3.63) is 17.5 Å². The van der Waals surface area contributed by atoms with E-state index in [0.29, 0.717) is 11.7 Å². The van der Waals surface area contributed by atoms with Crippen molar-refractivity contribution < 1.29 is 37.3 Å². The first kappa shape index (κ1) is 67.0. The Morgan fingerprint density at radius 2 is 1.16 bits per heavy atom. The zero-order valence-corrected chi connectivity index (χ0v) is 45.9. The Balaban J connectivity index is -0.000000334. The van der Waals surface area contributed by atoms with E-state index >= 15 is 0 Å². The number of rotatable bonds is 5. The van der Waals surface area contributed by atoms with Gasteiger partial charge in [0, 0.05) is 40.2 Å². The summed E-state index contributed by atoms with van der Waals surface area (Å²) in [5.74, 6) is 2.86. The highest BCUT2D eigenvalue weighted by atomic mass is 32.2. The number of carbonyl (C=O) groups is 3. The molecule has 3 aromatic heterocycles. The first-order valence-electron chi connectivity index (χ1n) is 21.0. The molecule has 3 aromatic rings. The summed E-state index contributed by atoms with van der Waals surface area (Å²) < 4.78 is 33.1. The van der Waals surface area contributed by atoms with E-state index in [1.165, 1.54) is 31.6 Å². The molecule has 20 nitrogen and oxygen atoms in total. The maximum atomic E-state index is 10.9. The Morgan fingerprint density at radius 1 is 0.766 bits per heavy atom. The molecule has 0 saturated carbocycles. The van der Waals surface area contributed by atoms with Gasteiger partial charge in [0.25, 0.3) is 6.92 Å². The van der Waals surface area contributed by atoms with Crippen LogP contribution < -0.4 is 0 Å². The number of nitrogens with zero attached hydrogens (tertiary/aromatic N) is 11. The molecule has 3 N–H and O–H groups in total. The summed E-state index contributed by atoms with van der Waals surface area (Å²) in [6.07, 6.45) is 1.24. The third kappa shape index (κ3) is 33.0. The quantitative estimate of drug-likeness (QED) is 0.172. The van der Waals surface area contributed by atoms with Crippen molar-refractivity contribution in [1.29, 1.82) is 0 Å². The van der Waals surface area contributed by atoms with E-state index in [4.69, 9.17) is 9.92 Å². The van der Waals surface area contributed by atoms with Gasteiger partial charge in [0.15, 0.2) is 38.9 Å². The third-order valence-corrected chi connectivity index (χ3v) is 13.3. The molecule has 372 valence electrons. The average Bonchev–Trinajstić information content (AvgIpc) is 3.82. The van der Waals surface area contributed by atoms with Gasteiger partial charge in [-0.05, 0) is 62.5 Å². The lowest BCUT2D eigenvalue weighted by Gasteiger charge is -2.21. The number of H-pyrrole nitrogens is 1. The van der Waals surface area contributed by atoms with Crippen LogP contribution in [0, 0.1) is 5.41 Å². The molecule has 0 radical (unpaired) electrons. The second kappa shape index (κ2) is 27.1. The van der Waals surface area contributed by atoms with Crippen molar-refractivity contribution in [2.24, 2.45) is 5.41 Å². The molecule has 3 rings (SSSR count). The van der Waals surface area contributed by atoms with Crippen molar-refractivity contribution >= 4 is 41.5 Å². The highest BCUT2D eigenvalue weighted by molar-refractivity contribution is 7.92. The molecule has 0 aliphatic carbocycles. The van der Waals surface area contributed by atoms with Crippen LogP contribution >= 0.6 is 7.37 Å². The highest BCUT2D eigenvalue weighted by Gasteiger charge is 2.28. The second-order valence-electron chi connectivity index (χ2n) is 21.9. The molecule has 64 heavy (non-hydrogen) atoms. The minimum atomic E-state index is -2.85. The standard InChI is InChI=1S/2C8H14N4O.C6H12O.C5H13BO.C5H13O2P.C5H12O2S.C4H8N4/c1-6(13)5-12-7(8(2,3)4)9-10-11-12;1-6(13)5-12-10-7(9-11-12)8(2,3)4;1-5(7)6(2,3)4;1-5(2,3)6(4)7;2*1-5(2,3)8(4,6)7;1-3(2)4-5-7-8-6-4/h2*5H2,1-4H3;1-4H3;7H,1-4H3;1-4H3,(H,6,7);1-4H3;3H,1-2H3,(H,5,6,7,8). The van der Waals surface area contributed by atoms with Gasteiger partial charge in [-0.25, -0.2) is 13.1 Å². The number of hydrogen-bond donors (Lipinski definition) is 3.